The molecule has 2 saturated heterocycles. The molecule has 2 fully saturated rings. The maximum absolute atomic E-state index is 12.1. The third-order valence-corrected chi connectivity index (χ3v) is 5.36. The van der Waals surface area contributed by atoms with E-state index in [0.29, 0.717) is 23.6 Å². The molecule has 1 atom stereocenters. The van der Waals surface area contributed by atoms with Gasteiger partial charge in [0, 0.05) is 38.8 Å². The summed E-state index contributed by atoms with van der Waals surface area (Å²) in [6.07, 6.45) is 1.84. The number of rotatable bonds is 4. The smallest absolute Gasteiger partial charge is 0.290 e. The molecule has 2 aliphatic rings. The van der Waals surface area contributed by atoms with Crippen LogP contribution in [0, 0.1) is 0 Å². The summed E-state index contributed by atoms with van der Waals surface area (Å²) in [6.45, 7) is 6.97. The van der Waals surface area contributed by atoms with Crippen molar-refractivity contribution in [3.05, 3.63) is 39.9 Å². The number of anilines is 3. The van der Waals surface area contributed by atoms with Gasteiger partial charge in [0.15, 0.2) is 5.15 Å². The predicted molar refractivity (Wildman–Crippen MR) is 105 cm³/mol. The van der Waals surface area contributed by atoms with Gasteiger partial charge in [-0.1, -0.05) is 11.6 Å². The summed E-state index contributed by atoms with van der Waals surface area (Å²) in [5.74, 6) is 0.594. The lowest BCUT2D eigenvalue weighted by Gasteiger charge is -2.46. The van der Waals surface area contributed by atoms with Crippen molar-refractivity contribution in [3.8, 4) is 0 Å². The number of hydrogen-bond donors (Lipinski definition) is 1. The number of nitrogens with zero attached hydrogens (tertiary/aromatic N) is 5. The Bertz CT molecular complexity index is 867. The second-order valence-corrected chi connectivity index (χ2v) is 7.45. The minimum absolute atomic E-state index is 0.250. The average molecular weight is 391 g/mol. The lowest BCUT2D eigenvalue weighted by Crippen LogP contribution is -2.59. The van der Waals surface area contributed by atoms with Crippen molar-refractivity contribution in [1.82, 2.24) is 19.7 Å². The Morgan fingerprint density at radius 1 is 1.30 bits per heavy atom. The van der Waals surface area contributed by atoms with Crippen molar-refractivity contribution < 1.29 is 4.74 Å². The minimum Gasteiger partial charge on any atom is -0.378 e. The molecular formula is C18H23ClN6O2. The first-order valence-corrected chi connectivity index (χ1v) is 9.44. The molecule has 2 aromatic rings. The molecule has 0 saturated carbocycles. The first-order valence-electron chi connectivity index (χ1n) is 9.06. The Balaban J connectivity index is 1.44. The maximum atomic E-state index is 12.1. The van der Waals surface area contributed by atoms with E-state index in [2.05, 4.69) is 32.1 Å². The van der Waals surface area contributed by atoms with Crippen LogP contribution in [0.25, 0.3) is 0 Å². The van der Waals surface area contributed by atoms with E-state index in [1.807, 2.05) is 18.3 Å². The Labute approximate surface area is 162 Å². The highest BCUT2D eigenvalue weighted by atomic mass is 35.5. The van der Waals surface area contributed by atoms with Crippen LogP contribution in [-0.4, -0.2) is 64.6 Å². The van der Waals surface area contributed by atoms with Crippen molar-refractivity contribution in [1.29, 1.82) is 0 Å². The Kier molecular flexibility index (Phi) is 5.03. The predicted octanol–water partition coefficient (Wildman–Crippen LogP) is 1.48. The van der Waals surface area contributed by atoms with E-state index in [0.717, 1.165) is 38.5 Å². The molecule has 2 aliphatic heterocycles. The van der Waals surface area contributed by atoms with Crippen LogP contribution < -0.4 is 15.8 Å². The molecular weight excluding hydrogens is 368 g/mol. The van der Waals surface area contributed by atoms with Crippen molar-refractivity contribution >= 4 is 28.8 Å². The summed E-state index contributed by atoms with van der Waals surface area (Å²) in [5, 5.41) is 7.15. The summed E-state index contributed by atoms with van der Waals surface area (Å²) < 4.78 is 6.51. The van der Waals surface area contributed by atoms with E-state index >= 15 is 0 Å². The zero-order valence-electron chi connectivity index (χ0n) is 15.4. The SMILES string of the molecule is C[C@H]1CN(C2COC2)CCN1c1ccc(Nc2cc(Cl)nn(C)c2=O)nc1. The van der Waals surface area contributed by atoms with Gasteiger partial charge in [-0.25, -0.2) is 9.67 Å². The molecule has 4 rings (SSSR count). The fraction of sp³-hybridized carbons (Fsp3) is 0.500. The van der Waals surface area contributed by atoms with Gasteiger partial charge in [0.1, 0.15) is 11.5 Å². The third kappa shape index (κ3) is 3.78. The molecule has 0 radical (unpaired) electrons. The lowest BCUT2D eigenvalue weighted by atomic mass is 10.1. The number of nitrogens with one attached hydrogen (secondary N) is 1. The van der Waals surface area contributed by atoms with Crippen molar-refractivity contribution in [3.63, 3.8) is 0 Å². The molecule has 0 aliphatic carbocycles. The lowest BCUT2D eigenvalue weighted by molar-refractivity contribution is -0.0691. The molecule has 144 valence electrons. The fourth-order valence-electron chi connectivity index (χ4n) is 3.57. The van der Waals surface area contributed by atoms with Crippen LogP contribution in [0.3, 0.4) is 0 Å². The number of hydrogen-bond acceptors (Lipinski definition) is 7. The van der Waals surface area contributed by atoms with Crippen LogP contribution in [0.15, 0.2) is 29.2 Å². The molecule has 0 aromatic carbocycles. The molecule has 0 spiro atoms. The molecule has 0 bridgehead atoms. The summed E-state index contributed by atoms with van der Waals surface area (Å²) in [6, 6.07) is 6.40. The minimum atomic E-state index is -0.255. The van der Waals surface area contributed by atoms with Gasteiger partial charge in [0.25, 0.3) is 5.56 Å². The van der Waals surface area contributed by atoms with Crippen LogP contribution in [0.2, 0.25) is 5.15 Å². The van der Waals surface area contributed by atoms with Gasteiger partial charge in [-0.05, 0) is 19.1 Å². The van der Waals surface area contributed by atoms with Gasteiger partial charge in [-0.3, -0.25) is 9.69 Å². The fourth-order valence-corrected chi connectivity index (χ4v) is 3.79. The highest BCUT2D eigenvalue weighted by Crippen LogP contribution is 2.24. The van der Waals surface area contributed by atoms with Crippen LogP contribution in [-0.2, 0) is 11.8 Å². The second-order valence-electron chi connectivity index (χ2n) is 7.06. The number of pyridine rings is 1. The summed E-state index contributed by atoms with van der Waals surface area (Å²) in [4.78, 5) is 21.5. The van der Waals surface area contributed by atoms with Crippen LogP contribution >= 0.6 is 11.6 Å². The summed E-state index contributed by atoms with van der Waals surface area (Å²) in [5.41, 5.74) is 1.18. The Hall–Kier alpha value is -2.16. The Morgan fingerprint density at radius 3 is 2.74 bits per heavy atom. The van der Waals surface area contributed by atoms with Gasteiger partial charge < -0.3 is 15.0 Å². The molecule has 27 heavy (non-hydrogen) atoms. The highest BCUT2D eigenvalue weighted by molar-refractivity contribution is 6.29. The largest absolute Gasteiger partial charge is 0.378 e. The maximum Gasteiger partial charge on any atom is 0.290 e. The molecule has 0 unspecified atom stereocenters. The number of ether oxygens (including phenoxy) is 1. The van der Waals surface area contributed by atoms with Crippen LogP contribution in [0.1, 0.15) is 6.92 Å². The quantitative estimate of drug-likeness (QED) is 0.847. The standard InChI is InChI=1S/C18H23ClN6O2/c1-12-9-24(14-10-27-11-14)5-6-25(12)13-3-4-17(20-8-13)21-15-7-16(19)22-23(2)18(15)26/h3-4,7-8,12,14H,5-6,9-11H2,1-2H3,(H,20,21)/t12-/m0/s1. The second kappa shape index (κ2) is 7.46. The van der Waals surface area contributed by atoms with E-state index in [-0.39, 0.29) is 10.7 Å². The van der Waals surface area contributed by atoms with Gasteiger partial charge >= 0.3 is 0 Å². The Morgan fingerprint density at radius 2 is 2.11 bits per heavy atom. The zero-order valence-corrected chi connectivity index (χ0v) is 16.2. The number of piperazine rings is 1. The van der Waals surface area contributed by atoms with Crippen LogP contribution in [0.5, 0.6) is 0 Å². The monoisotopic (exact) mass is 390 g/mol. The third-order valence-electron chi connectivity index (χ3n) is 5.17. The molecule has 0 amide bonds. The van der Waals surface area contributed by atoms with Gasteiger partial charge in [-0.2, -0.15) is 5.10 Å². The number of aromatic nitrogens is 3. The molecule has 8 nitrogen and oxygen atoms in total. The number of halogens is 1. The van der Waals surface area contributed by atoms with Gasteiger partial charge in [-0.15, -0.1) is 0 Å². The first-order chi connectivity index (χ1) is 13.0. The molecule has 1 N–H and O–H groups in total. The number of aryl methyl sites for hydroxylation is 1. The summed E-state index contributed by atoms with van der Waals surface area (Å²) >= 11 is 5.93. The summed E-state index contributed by atoms with van der Waals surface area (Å²) in [7, 11) is 1.56. The van der Waals surface area contributed by atoms with E-state index in [1.54, 1.807) is 7.05 Å². The van der Waals surface area contributed by atoms with E-state index in [9.17, 15) is 4.79 Å². The zero-order chi connectivity index (χ0) is 19.0. The topological polar surface area (TPSA) is 75.5 Å². The van der Waals surface area contributed by atoms with E-state index in [1.165, 1.54) is 10.7 Å². The highest BCUT2D eigenvalue weighted by Gasteiger charge is 2.32. The first kappa shape index (κ1) is 18.2. The van der Waals surface area contributed by atoms with Gasteiger partial charge in [0.05, 0.1) is 31.1 Å². The van der Waals surface area contributed by atoms with Gasteiger partial charge in [0.2, 0.25) is 0 Å². The molecule has 4 heterocycles. The van der Waals surface area contributed by atoms with Crippen LogP contribution in [0.4, 0.5) is 17.2 Å². The van der Waals surface area contributed by atoms with Crippen molar-refractivity contribution in [2.75, 3.05) is 43.1 Å². The molecule has 2 aromatic heterocycles. The van der Waals surface area contributed by atoms with Crippen molar-refractivity contribution in [2.24, 2.45) is 7.05 Å². The van der Waals surface area contributed by atoms with E-state index < -0.39 is 0 Å². The normalized spacial score (nSPS) is 21.1. The van der Waals surface area contributed by atoms with E-state index in [4.69, 9.17) is 16.3 Å². The molecule has 9 heteroatoms. The average Bonchev–Trinajstić information content (AvgIpc) is 2.59. The van der Waals surface area contributed by atoms with Crippen molar-refractivity contribution in [2.45, 2.75) is 19.0 Å².